The number of carbonyl (C=O) groups excluding carboxylic acids is 1. The van der Waals surface area contributed by atoms with E-state index in [1.807, 2.05) is 0 Å². The minimum atomic E-state index is -4.74. The molecule has 0 saturated heterocycles. The molecule has 3 rings (SSSR count). The number of rotatable bonds is 6. The monoisotopic (exact) mass is 518 g/mol. The number of hydrogen-bond donors (Lipinski definition) is 0. The van der Waals surface area contributed by atoms with Crippen molar-refractivity contribution in [1.29, 1.82) is 0 Å². The molecule has 3 aromatic heterocycles. The average Bonchev–Trinajstić information content (AvgIpc) is 3.13. The van der Waals surface area contributed by atoms with E-state index in [4.69, 9.17) is 0 Å². The molecule has 0 aliphatic heterocycles. The normalized spacial score (nSPS) is 12.8. The van der Waals surface area contributed by atoms with Gasteiger partial charge in [-0.15, -0.1) is 10.2 Å². The van der Waals surface area contributed by atoms with E-state index in [0.717, 1.165) is 12.3 Å². The number of amides is 1. The lowest BCUT2D eigenvalue weighted by molar-refractivity contribution is -0.141. The highest BCUT2D eigenvalue weighted by Gasteiger charge is 2.34. The summed E-state index contributed by atoms with van der Waals surface area (Å²) in [7, 11) is -5.35. The Morgan fingerprint density at radius 1 is 1.06 bits per heavy atom. The molecule has 0 saturated carbocycles. The predicted octanol–water partition coefficient (Wildman–Crippen LogP) is 2.89. The second-order valence-corrected chi connectivity index (χ2v) is 12.3. The van der Waals surface area contributed by atoms with Crippen LogP contribution in [0, 0.1) is 0 Å². The zero-order chi connectivity index (χ0) is 25.5. The van der Waals surface area contributed by atoms with Crippen molar-refractivity contribution in [2.45, 2.75) is 31.8 Å². The summed E-state index contributed by atoms with van der Waals surface area (Å²) in [5, 5.41) is 6.72. The average molecular weight is 519 g/mol. The van der Waals surface area contributed by atoms with E-state index in [2.05, 4.69) is 24.5 Å². The highest BCUT2D eigenvalue weighted by Crippen LogP contribution is 2.31. The number of halogens is 3. The van der Waals surface area contributed by atoms with Crippen LogP contribution in [0.5, 0.6) is 0 Å². The summed E-state index contributed by atoms with van der Waals surface area (Å²) in [5.74, 6) is -1.04. The van der Waals surface area contributed by atoms with Crippen molar-refractivity contribution in [3.63, 3.8) is 0 Å². The first-order valence-corrected chi connectivity index (χ1v) is 13.5. The first-order valence-electron chi connectivity index (χ1n) is 10.0. The van der Waals surface area contributed by atoms with Gasteiger partial charge >= 0.3 is 6.18 Å². The molecule has 1 amide bonds. The molecule has 34 heavy (non-hydrogen) atoms. The van der Waals surface area contributed by atoms with E-state index < -0.39 is 37.3 Å². The highest BCUT2D eigenvalue weighted by molar-refractivity contribution is 7.93. The molecule has 0 aliphatic carbocycles. The molecule has 10 nitrogen and oxygen atoms in total. The van der Waals surface area contributed by atoms with Crippen LogP contribution in [-0.2, 0) is 32.8 Å². The first-order chi connectivity index (χ1) is 15.8. The van der Waals surface area contributed by atoms with Gasteiger partial charge in [-0.25, -0.2) is 17.6 Å². The Morgan fingerprint density at radius 2 is 1.71 bits per heavy atom. The van der Waals surface area contributed by atoms with Crippen LogP contribution in [-0.4, -0.2) is 60.5 Å². The van der Waals surface area contributed by atoms with Gasteiger partial charge in [0.15, 0.2) is 27.0 Å². The molecule has 0 spiro atoms. The predicted molar refractivity (Wildman–Crippen MR) is 118 cm³/mol. The van der Waals surface area contributed by atoms with E-state index in [-0.39, 0.29) is 50.4 Å². The summed E-state index contributed by atoms with van der Waals surface area (Å²) in [4.78, 5) is 20.4. The molecule has 0 fully saturated rings. The smallest absolute Gasteiger partial charge is 0.309 e. The summed E-state index contributed by atoms with van der Waals surface area (Å²) in [5.41, 5.74) is -1.81. The van der Waals surface area contributed by atoms with Crippen molar-refractivity contribution in [1.82, 2.24) is 24.7 Å². The molecular formula is C19H21F3N6O4S2. The van der Waals surface area contributed by atoms with Crippen molar-refractivity contribution in [2.24, 2.45) is 11.4 Å². The topological polar surface area (TPSA) is 137 Å². The van der Waals surface area contributed by atoms with Gasteiger partial charge in [-0.3, -0.25) is 9.78 Å². The Labute approximate surface area is 193 Å². The third kappa shape index (κ3) is 4.80. The van der Waals surface area contributed by atoms with Gasteiger partial charge in [-0.2, -0.15) is 17.5 Å². The van der Waals surface area contributed by atoms with E-state index in [0.29, 0.717) is 6.07 Å². The molecular weight excluding hydrogens is 497 g/mol. The third-order valence-electron chi connectivity index (χ3n) is 5.09. The lowest BCUT2D eigenvalue weighted by Gasteiger charge is -2.10. The molecule has 0 bridgehead atoms. The van der Waals surface area contributed by atoms with Crippen molar-refractivity contribution in [2.75, 3.05) is 17.3 Å². The van der Waals surface area contributed by atoms with Crippen LogP contribution in [0.15, 0.2) is 27.6 Å². The Kier molecular flexibility index (Phi) is 6.81. The number of nitrogens with zero attached hydrogens (tertiary/aromatic N) is 6. The van der Waals surface area contributed by atoms with E-state index >= 15 is 0 Å². The van der Waals surface area contributed by atoms with E-state index in [1.165, 1.54) is 18.5 Å². The molecule has 0 aromatic carbocycles. The van der Waals surface area contributed by atoms with Gasteiger partial charge in [0, 0.05) is 30.8 Å². The molecule has 15 heteroatoms. The van der Waals surface area contributed by atoms with Gasteiger partial charge in [0.05, 0.1) is 25.9 Å². The van der Waals surface area contributed by atoms with Crippen LogP contribution in [0.1, 0.15) is 36.8 Å². The number of alkyl halides is 3. The van der Waals surface area contributed by atoms with Gasteiger partial charge in [-0.05, 0) is 6.07 Å². The maximum atomic E-state index is 13.0. The molecule has 0 atom stereocenters. The fraction of sp³-hybridized carbons (Fsp3) is 0.421. The molecule has 3 aromatic rings. The molecule has 0 N–H and O–H groups in total. The Bertz CT molecular complexity index is 1500. The number of carbonyl (C=O) groups is 1. The number of sulfone groups is 1. The van der Waals surface area contributed by atoms with Crippen molar-refractivity contribution in [3.05, 3.63) is 29.6 Å². The maximum Gasteiger partial charge on any atom is 0.435 e. The van der Waals surface area contributed by atoms with E-state index in [9.17, 15) is 30.6 Å². The Morgan fingerprint density at radius 3 is 2.26 bits per heavy atom. The van der Waals surface area contributed by atoms with Gasteiger partial charge < -0.3 is 4.57 Å². The summed E-state index contributed by atoms with van der Waals surface area (Å²) >= 11 is 0. The Balaban J connectivity index is 2.25. The number of pyridine rings is 1. The fourth-order valence-corrected chi connectivity index (χ4v) is 5.13. The lowest BCUT2D eigenvalue weighted by atomic mass is 10.2. The van der Waals surface area contributed by atoms with Gasteiger partial charge in [0.25, 0.3) is 5.91 Å². The molecule has 0 unspecified atom stereocenters. The SMILES string of the molecule is CCS(=O)(=O)c1cc(C(=O)N=S(=O)(CC)CC)cnc1-c1nc2cc(C(F)(F)F)nnc2n1C. The number of aromatic nitrogens is 5. The van der Waals surface area contributed by atoms with Crippen LogP contribution in [0.25, 0.3) is 22.7 Å². The van der Waals surface area contributed by atoms with Crippen molar-refractivity contribution >= 4 is 36.6 Å². The number of imidazole rings is 1. The molecule has 3 heterocycles. The minimum Gasteiger partial charge on any atom is -0.309 e. The summed E-state index contributed by atoms with van der Waals surface area (Å²) in [6, 6.07) is 1.76. The number of fused-ring (bicyclic) bond motifs is 1. The summed E-state index contributed by atoms with van der Waals surface area (Å²) in [6.07, 6.45) is -3.68. The molecule has 0 radical (unpaired) electrons. The number of aryl methyl sites for hydroxylation is 1. The minimum absolute atomic E-state index is 0.0228. The second kappa shape index (κ2) is 9.02. The Hall–Kier alpha value is -2.94. The zero-order valence-corrected chi connectivity index (χ0v) is 20.3. The highest BCUT2D eigenvalue weighted by atomic mass is 32.2. The van der Waals surface area contributed by atoms with Crippen LogP contribution in [0.2, 0.25) is 0 Å². The molecule has 0 aliphatic rings. The third-order valence-corrected chi connectivity index (χ3v) is 9.13. The van der Waals surface area contributed by atoms with Crippen molar-refractivity contribution in [3.8, 4) is 11.5 Å². The zero-order valence-electron chi connectivity index (χ0n) is 18.6. The summed E-state index contributed by atoms with van der Waals surface area (Å²) in [6.45, 7) is 4.63. The second-order valence-electron chi connectivity index (χ2n) is 7.15. The van der Waals surface area contributed by atoms with Gasteiger partial charge in [-0.1, -0.05) is 20.8 Å². The van der Waals surface area contributed by atoms with Crippen molar-refractivity contribution < 1.29 is 30.6 Å². The van der Waals surface area contributed by atoms with Crippen LogP contribution < -0.4 is 0 Å². The van der Waals surface area contributed by atoms with E-state index in [1.54, 1.807) is 13.8 Å². The van der Waals surface area contributed by atoms with Gasteiger partial charge in [0.2, 0.25) is 0 Å². The summed E-state index contributed by atoms with van der Waals surface area (Å²) < 4.78 is 82.2. The largest absolute Gasteiger partial charge is 0.435 e. The van der Waals surface area contributed by atoms with Crippen LogP contribution in [0.3, 0.4) is 0 Å². The maximum absolute atomic E-state index is 13.0. The number of hydrogen-bond acceptors (Lipinski definition) is 8. The quantitative estimate of drug-likeness (QED) is 0.486. The van der Waals surface area contributed by atoms with Crippen LogP contribution >= 0.6 is 0 Å². The standard InChI is InChI=1S/C19H21F3N6O4S2/c1-5-33(30,6-2)27-18(29)11-8-13(34(31,32)7-3)15(23-10-11)17-24-12-9-14(19(20,21)22)25-26-16(12)28(17)4/h8-10H,5-7H2,1-4H3. The first kappa shape index (κ1) is 25.7. The molecule has 184 valence electrons. The lowest BCUT2D eigenvalue weighted by Crippen LogP contribution is -2.13. The fourth-order valence-electron chi connectivity index (χ4n) is 3.00. The van der Waals surface area contributed by atoms with Crippen LogP contribution in [0.4, 0.5) is 13.2 Å². The van der Waals surface area contributed by atoms with Gasteiger partial charge in [0.1, 0.15) is 11.2 Å².